The lowest BCUT2D eigenvalue weighted by molar-refractivity contribution is -0.118. The number of amides is 1. The second-order valence-electron chi connectivity index (χ2n) is 8.15. The fraction of sp³-hybridized carbons (Fsp3) is 0.222. The van der Waals surface area contributed by atoms with E-state index in [4.69, 9.17) is 14.5 Å². The van der Waals surface area contributed by atoms with Gasteiger partial charge in [0.15, 0.2) is 16.7 Å². The molecule has 4 rings (SSSR count). The summed E-state index contributed by atoms with van der Waals surface area (Å²) >= 11 is 1.23. The number of benzene rings is 3. The van der Waals surface area contributed by atoms with Gasteiger partial charge in [0.05, 0.1) is 36.6 Å². The van der Waals surface area contributed by atoms with Crippen molar-refractivity contribution >= 4 is 28.6 Å². The maximum absolute atomic E-state index is 13.4. The van der Waals surface area contributed by atoms with Gasteiger partial charge >= 0.3 is 0 Å². The van der Waals surface area contributed by atoms with Crippen molar-refractivity contribution in [2.75, 3.05) is 20.0 Å². The largest absolute Gasteiger partial charge is 0.493 e. The highest BCUT2D eigenvalue weighted by Crippen LogP contribution is 2.27. The van der Waals surface area contributed by atoms with Crippen LogP contribution in [0.5, 0.6) is 11.5 Å². The van der Waals surface area contributed by atoms with Crippen molar-refractivity contribution in [1.82, 2.24) is 14.9 Å². The van der Waals surface area contributed by atoms with E-state index in [1.807, 2.05) is 56.3 Å². The Morgan fingerprint density at radius 3 is 2.40 bits per heavy atom. The normalized spacial score (nSPS) is 10.9. The first kappa shape index (κ1) is 24.3. The zero-order valence-electron chi connectivity index (χ0n) is 20.1. The number of methoxy groups -OCH3 is 2. The Kier molecular flexibility index (Phi) is 7.41. The van der Waals surface area contributed by atoms with Gasteiger partial charge in [-0.25, -0.2) is 4.98 Å². The summed E-state index contributed by atoms with van der Waals surface area (Å²) < 4.78 is 12.2. The van der Waals surface area contributed by atoms with Crippen LogP contribution in [-0.4, -0.2) is 35.4 Å². The van der Waals surface area contributed by atoms with Gasteiger partial charge < -0.3 is 14.8 Å². The van der Waals surface area contributed by atoms with E-state index >= 15 is 0 Å². The van der Waals surface area contributed by atoms with Crippen molar-refractivity contribution in [2.24, 2.45) is 0 Å². The summed E-state index contributed by atoms with van der Waals surface area (Å²) in [4.78, 5) is 30.8. The molecule has 0 aliphatic heterocycles. The minimum atomic E-state index is -0.167. The Morgan fingerprint density at radius 1 is 0.971 bits per heavy atom. The molecule has 1 heterocycles. The van der Waals surface area contributed by atoms with Crippen LogP contribution in [0, 0.1) is 13.8 Å². The third-order valence-electron chi connectivity index (χ3n) is 5.48. The number of hydrogen-bond acceptors (Lipinski definition) is 6. The molecular formula is C27H27N3O4S. The Balaban J connectivity index is 1.57. The van der Waals surface area contributed by atoms with Crippen LogP contribution in [-0.2, 0) is 11.3 Å². The lowest BCUT2D eigenvalue weighted by Crippen LogP contribution is -2.26. The molecule has 0 spiro atoms. The fourth-order valence-corrected chi connectivity index (χ4v) is 4.73. The molecule has 7 nitrogen and oxygen atoms in total. The SMILES string of the molecule is COc1ccc(CNC(=O)CSc2nc3ccccc3c(=O)n2-c2cc(C)cc(C)c2)cc1OC. The molecule has 0 unspecified atom stereocenters. The molecule has 0 saturated heterocycles. The fourth-order valence-electron chi connectivity index (χ4n) is 3.89. The van der Waals surface area contributed by atoms with Crippen molar-refractivity contribution in [2.45, 2.75) is 25.5 Å². The molecule has 1 aromatic heterocycles. The van der Waals surface area contributed by atoms with Gasteiger partial charge in [0.25, 0.3) is 5.56 Å². The highest BCUT2D eigenvalue weighted by atomic mass is 32.2. The van der Waals surface area contributed by atoms with Crippen LogP contribution in [0.15, 0.2) is 70.6 Å². The van der Waals surface area contributed by atoms with E-state index in [9.17, 15) is 9.59 Å². The summed E-state index contributed by atoms with van der Waals surface area (Å²) in [6.07, 6.45) is 0. The second-order valence-corrected chi connectivity index (χ2v) is 9.10. The molecule has 0 atom stereocenters. The minimum Gasteiger partial charge on any atom is -0.493 e. The molecule has 4 aromatic rings. The Labute approximate surface area is 208 Å². The van der Waals surface area contributed by atoms with Crippen LogP contribution in [0.25, 0.3) is 16.6 Å². The lowest BCUT2D eigenvalue weighted by atomic mass is 10.1. The quantitative estimate of drug-likeness (QED) is 0.291. The summed E-state index contributed by atoms with van der Waals surface area (Å²) in [5, 5.41) is 3.92. The summed E-state index contributed by atoms with van der Waals surface area (Å²) in [5.74, 6) is 1.18. The average Bonchev–Trinajstić information content (AvgIpc) is 2.85. The number of para-hydroxylation sites is 1. The molecule has 0 radical (unpaired) electrons. The maximum Gasteiger partial charge on any atom is 0.266 e. The van der Waals surface area contributed by atoms with Gasteiger partial charge in [-0.15, -0.1) is 0 Å². The predicted octanol–water partition coefficient (Wildman–Crippen LogP) is 4.43. The molecule has 3 aromatic carbocycles. The molecule has 0 saturated carbocycles. The number of hydrogen-bond donors (Lipinski definition) is 1. The van der Waals surface area contributed by atoms with E-state index in [1.54, 1.807) is 30.9 Å². The van der Waals surface area contributed by atoms with Gasteiger partial charge in [-0.1, -0.05) is 36.0 Å². The number of ether oxygens (including phenoxy) is 2. The summed E-state index contributed by atoms with van der Waals surface area (Å²) in [7, 11) is 3.15. The zero-order valence-corrected chi connectivity index (χ0v) is 20.9. The van der Waals surface area contributed by atoms with Gasteiger partial charge in [0.1, 0.15) is 0 Å². The van der Waals surface area contributed by atoms with Crippen molar-refractivity contribution in [3.63, 3.8) is 0 Å². The molecular weight excluding hydrogens is 462 g/mol. The summed E-state index contributed by atoms with van der Waals surface area (Å²) in [6.45, 7) is 4.32. The van der Waals surface area contributed by atoms with Gasteiger partial charge in [0.2, 0.25) is 5.91 Å². The number of nitrogens with one attached hydrogen (secondary N) is 1. The maximum atomic E-state index is 13.4. The number of carbonyl (C=O) groups excluding carboxylic acids is 1. The number of rotatable bonds is 8. The first-order valence-electron chi connectivity index (χ1n) is 11.1. The molecule has 180 valence electrons. The Morgan fingerprint density at radius 2 is 1.69 bits per heavy atom. The van der Waals surface area contributed by atoms with Crippen LogP contribution in [0.2, 0.25) is 0 Å². The van der Waals surface area contributed by atoms with Crippen LogP contribution in [0.4, 0.5) is 0 Å². The molecule has 35 heavy (non-hydrogen) atoms. The predicted molar refractivity (Wildman–Crippen MR) is 139 cm³/mol. The third-order valence-corrected chi connectivity index (χ3v) is 6.42. The Bertz CT molecular complexity index is 1430. The van der Waals surface area contributed by atoms with Crippen molar-refractivity contribution < 1.29 is 14.3 Å². The number of aryl methyl sites for hydroxylation is 2. The molecule has 8 heteroatoms. The lowest BCUT2D eigenvalue weighted by Gasteiger charge is -2.14. The topological polar surface area (TPSA) is 82.5 Å². The number of carbonyl (C=O) groups is 1. The number of fused-ring (bicyclic) bond motifs is 1. The monoisotopic (exact) mass is 489 g/mol. The van der Waals surface area contributed by atoms with Gasteiger partial charge in [-0.05, 0) is 66.9 Å². The van der Waals surface area contributed by atoms with E-state index in [0.717, 1.165) is 22.4 Å². The van der Waals surface area contributed by atoms with Crippen molar-refractivity contribution in [3.8, 4) is 17.2 Å². The first-order valence-corrected chi connectivity index (χ1v) is 12.1. The molecule has 1 amide bonds. The van der Waals surface area contributed by atoms with Crippen molar-refractivity contribution in [1.29, 1.82) is 0 Å². The molecule has 0 aliphatic carbocycles. The number of aromatic nitrogens is 2. The number of nitrogens with zero attached hydrogens (tertiary/aromatic N) is 2. The van der Waals surface area contributed by atoms with E-state index in [-0.39, 0.29) is 17.2 Å². The molecule has 0 fully saturated rings. The van der Waals surface area contributed by atoms with Gasteiger partial charge in [-0.3, -0.25) is 14.2 Å². The van der Waals surface area contributed by atoms with E-state index in [2.05, 4.69) is 11.4 Å². The van der Waals surface area contributed by atoms with Crippen molar-refractivity contribution in [3.05, 3.63) is 87.7 Å². The van der Waals surface area contributed by atoms with Crippen LogP contribution in [0.1, 0.15) is 16.7 Å². The van der Waals surface area contributed by atoms with E-state index in [0.29, 0.717) is 34.1 Å². The summed E-state index contributed by atoms with van der Waals surface area (Å²) in [6, 6.07) is 18.7. The highest BCUT2D eigenvalue weighted by molar-refractivity contribution is 7.99. The second kappa shape index (κ2) is 10.7. The molecule has 0 aliphatic rings. The highest BCUT2D eigenvalue weighted by Gasteiger charge is 2.15. The van der Waals surface area contributed by atoms with Gasteiger partial charge in [0, 0.05) is 6.54 Å². The zero-order chi connectivity index (χ0) is 24.9. The summed E-state index contributed by atoms with van der Waals surface area (Å²) in [5.41, 5.74) is 4.16. The smallest absolute Gasteiger partial charge is 0.266 e. The van der Waals surface area contributed by atoms with E-state index in [1.165, 1.54) is 11.8 Å². The number of thioether (sulfide) groups is 1. The van der Waals surface area contributed by atoms with Crippen LogP contribution in [0.3, 0.4) is 0 Å². The van der Waals surface area contributed by atoms with Crippen LogP contribution >= 0.6 is 11.8 Å². The third kappa shape index (κ3) is 5.49. The van der Waals surface area contributed by atoms with Crippen LogP contribution < -0.4 is 20.3 Å². The first-order chi connectivity index (χ1) is 16.9. The molecule has 1 N–H and O–H groups in total. The molecule has 0 bridgehead atoms. The van der Waals surface area contributed by atoms with E-state index < -0.39 is 0 Å². The average molecular weight is 490 g/mol. The standard InChI is InChI=1S/C27H27N3O4S/c1-17-11-18(2)13-20(12-17)30-26(32)21-7-5-6-8-22(21)29-27(30)35-16-25(31)28-15-19-9-10-23(33-3)24(14-19)34-4/h5-14H,15-16H2,1-4H3,(H,28,31). The van der Waals surface area contributed by atoms with Gasteiger partial charge in [-0.2, -0.15) is 0 Å². The minimum absolute atomic E-state index is 0.114. The Hall–Kier alpha value is -3.78.